The number of carbonyl (C=O) groups is 3. The van der Waals surface area contributed by atoms with Crippen molar-refractivity contribution in [2.24, 2.45) is 0 Å². The third-order valence-electron chi connectivity index (χ3n) is 6.18. The van der Waals surface area contributed by atoms with Gasteiger partial charge >= 0.3 is 11.8 Å². The molecular weight excluding hydrogens is 370 g/mol. The maximum Gasteiger partial charge on any atom is 0.312 e. The smallest absolute Gasteiger partial charge is 0.312 e. The predicted molar refractivity (Wildman–Crippen MR) is 108 cm³/mol. The van der Waals surface area contributed by atoms with Crippen molar-refractivity contribution in [2.45, 2.75) is 33.1 Å². The van der Waals surface area contributed by atoms with Gasteiger partial charge in [-0.15, -0.1) is 0 Å². The SMILES string of the molecule is Cc1ccc2c(CC(=O)N3CCN(C(=O)C(=O)N4CCCC4)CC3)coc2c1C. The Morgan fingerprint density at radius 3 is 2.10 bits per heavy atom. The molecule has 4 rings (SSSR count). The Hall–Kier alpha value is -2.83. The van der Waals surface area contributed by atoms with Gasteiger partial charge in [-0.05, 0) is 37.8 Å². The van der Waals surface area contributed by atoms with Crippen molar-refractivity contribution in [1.82, 2.24) is 14.7 Å². The van der Waals surface area contributed by atoms with E-state index in [0.29, 0.717) is 39.3 Å². The maximum absolute atomic E-state index is 12.8. The number of piperazine rings is 1. The van der Waals surface area contributed by atoms with E-state index in [2.05, 4.69) is 0 Å². The number of hydrogen-bond acceptors (Lipinski definition) is 4. The fraction of sp³-hybridized carbons (Fsp3) is 0.500. The van der Waals surface area contributed by atoms with E-state index in [1.54, 1.807) is 21.0 Å². The molecule has 0 spiro atoms. The first kappa shape index (κ1) is 19.5. The lowest BCUT2D eigenvalue weighted by Gasteiger charge is -2.35. The van der Waals surface area contributed by atoms with Crippen LogP contribution < -0.4 is 0 Å². The number of benzene rings is 1. The minimum Gasteiger partial charge on any atom is -0.464 e. The third-order valence-corrected chi connectivity index (χ3v) is 6.18. The summed E-state index contributed by atoms with van der Waals surface area (Å²) in [6.45, 7) is 7.09. The van der Waals surface area contributed by atoms with Crippen LogP contribution in [0.2, 0.25) is 0 Å². The van der Waals surface area contributed by atoms with E-state index in [-0.39, 0.29) is 12.3 Å². The highest BCUT2D eigenvalue weighted by Gasteiger charge is 2.31. The highest BCUT2D eigenvalue weighted by molar-refractivity contribution is 6.35. The summed E-state index contributed by atoms with van der Waals surface area (Å²) in [5.41, 5.74) is 3.98. The molecule has 0 atom stereocenters. The van der Waals surface area contributed by atoms with Crippen molar-refractivity contribution < 1.29 is 18.8 Å². The van der Waals surface area contributed by atoms with Crippen molar-refractivity contribution in [3.05, 3.63) is 35.1 Å². The molecule has 7 nitrogen and oxygen atoms in total. The van der Waals surface area contributed by atoms with Crippen LogP contribution in [0.3, 0.4) is 0 Å². The van der Waals surface area contributed by atoms with E-state index in [1.165, 1.54) is 0 Å². The number of nitrogens with zero attached hydrogens (tertiary/aromatic N) is 3. The van der Waals surface area contributed by atoms with Crippen LogP contribution in [0.15, 0.2) is 22.8 Å². The van der Waals surface area contributed by atoms with Gasteiger partial charge in [0.15, 0.2) is 0 Å². The summed E-state index contributed by atoms with van der Waals surface area (Å²) in [5, 5.41) is 0.978. The topological polar surface area (TPSA) is 74.1 Å². The second-order valence-electron chi connectivity index (χ2n) is 7.99. The average molecular weight is 397 g/mol. The zero-order chi connectivity index (χ0) is 20.5. The monoisotopic (exact) mass is 397 g/mol. The average Bonchev–Trinajstić information content (AvgIpc) is 3.40. The summed E-state index contributed by atoms with van der Waals surface area (Å²) >= 11 is 0. The second kappa shape index (κ2) is 7.89. The van der Waals surface area contributed by atoms with Gasteiger partial charge in [-0.1, -0.05) is 12.1 Å². The molecule has 3 heterocycles. The summed E-state index contributed by atoms with van der Waals surface area (Å²) in [7, 11) is 0. The number of aryl methyl sites for hydroxylation is 2. The lowest BCUT2D eigenvalue weighted by Crippen LogP contribution is -2.54. The first-order valence-electron chi connectivity index (χ1n) is 10.3. The molecule has 0 N–H and O–H groups in total. The van der Waals surface area contributed by atoms with Gasteiger partial charge in [-0.2, -0.15) is 0 Å². The normalized spacial score (nSPS) is 17.2. The Morgan fingerprint density at radius 2 is 1.45 bits per heavy atom. The van der Waals surface area contributed by atoms with Crippen molar-refractivity contribution in [1.29, 1.82) is 0 Å². The number of likely N-dealkylation sites (tertiary alicyclic amines) is 1. The summed E-state index contributed by atoms with van der Waals surface area (Å²) in [5.74, 6) is -0.827. The van der Waals surface area contributed by atoms with Crippen molar-refractivity contribution >= 4 is 28.7 Å². The van der Waals surface area contributed by atoms with E-state index < -0.39 is 11.8 Å². The van der Waals surface area contributed by atoms with E-state index in [4.69, 9.17) is 4.42 Å². The highest BCUT2D eigenvalue weighted by Crippen LogP contribution is 2.27. The molecule has 0 aliphatic carbocycles. The Kier molecular flexibility index (Phi) is 5.30. The van der Waals surface area contributed by atoms with Crippen LogP contribution in [0.1, 0.15) is 29.5 Å². The van der Waals surface area contributed by atoms with Gasteiger partial charge in [-0.25, -0.2) is 0 Å². The fourth-order valence-corrected chi connectivity index (χ4v) is 4.15. The van der Waals surface area contributed by atoms with Gasteiger partial charge < -0.3 is 19.1 Å². The molecule has 29 heavy (non-hydrogen) atoms. The van der Waals surface area contributed by atoms with Crippen LogP contribution in [0.4, 0.5) is 0 Å². The molecule has 7 heteroatoms. The van der Waals surface area contributed by atoms with Crippen LogP contribution in [0, 0.1) is 13.8 Å². The van der Waals surface area contributed by atoms with Crippen LogP contribution in [-0.2, 0) is 20.8 Å². The Labute approximate surface area is 170 Å². The zero-order valence-corrected chi connectivity index (χ0v) is 17.1. The number of rotatable bonds is 2. The molecule has 3 amide bonds. The zero-order valence-electron chi connectivity index (χ0n) is 17.1. The standard InChI is InChI=1S/C22H27N3O4/c1-15-5-6-18-17(14-29-20(18)16(15)2)13-19(26)23-9-11-25(12-10-23)22(28)21(27)24-7-3-4-8-24/h5-6,14H,3-4,7-13H2,1-2H3. The number of carbonyl (C=O) groups excluding carboxylic acids is 3. The Balaban J connectivity index is 1.35. The third kappa shape index (κ3) is 3.73. The number of hydrogen-bond donors (Lipinski definition) is 0. The van der Waals surface area contributed by atoms with E-state index in [9.17, 15) is 14.4 Å². The van der Waals surface area contributed by atoms with Crippen LogP contribution in [0.25, 0.3) is 11.0 Å². The molecule has 0 saturated carbocycles. The Bertz CT molecular complexity index is 950. The molecular formula is C22H27N3O4. The summed E-state index contributed by atoms with van der Waals surface area (Å²) in [6.07, 6.45) is 3.87. The summed E-state index contributed by atoms with van der Waals surface area (Å²) < 4.78 is 5.71. The molecule has 2 fully saturated rings. The molecule has 0 radical (unpaired) electrons. The molecule has 2 aromatic rings. The molecule has 1 aromatic heterocycles. The minimum absolute atomic E-state index is 0.0175. The summed E-state index contributed by atoms with van der Waals surface area (Å²) in [4.78, 5) is 42.5. The van der Waals surface area contributed by atoms with E-state index in [0.717, 1.165) is 40.5 Å². The summed E-state index contributed by atoms with van der Waals surface area (Å²) in [6, 6.07) is 4.05. The van der Waals surface area contributed by atoms with Gasteiger partial charge in [0.2, 0.25) is 5.91 Å². The first-order valence-corrected chi connectivity index (χ1v) is 10.3. The minimum atomic E-state index is -0.439. The molecule has 154 valence electrons. The van der Waals surface area contributed by atoms with E-state index >= 15 is 0 Å². The Morgan fingerprint density at radius 1 is 0.862 bits per heavy atom. The molecule has 2 aliphatic heterocycles. The second-order valence-corrected chi connectivity index (χ2v) is 7.99. The first-order chi connectivity index (χ1) is 14.0. The number of amides is 3. The van der Waals surface area contributed by atoms with Gasteiger partial charge in [0, 0.05) is 50.2 Å². The van der Waals surface area contributed by atoms with Crippen molar-refractivity contribution in [2.75, 3.05) is 39.3 Å². The highest BCUT2D eigenvalue weighted by atomic mass is 16.3. The van der Waals surface area contributed by atoms with Crippen LogP contribution in [0.5, 0.6) is 0 Å². The van der Waals surface area contributed by atoms with Gasteiger partial charge in [-0.3, -0.25) is 14.4 Å². The maximum atomic E-state index is 12.8. The molecule has 2 saturated heterocycles. The van der Waals surface area contributed by atoms with Crippen molar-refractivity contribution in [3.63, 3.8) is 0 Å². The fourth-order valence-electron chi connectivity index (χ4n) is 4.15. The molecule has 0 bridgehead atoms. The number of furan rings is 1. The molecule has 0 unspecified atom stereocenters. The van der Waals surface area contributed by atoms with Gasteiger partial charge in [0.05, 0.1) is 12.7 Å². The predicted octanol–water partition coefficient (Wildman–Crippen LogP) is 1.89. The van der Waals surface area contributed by atoms with E-state index in [1.807, 2.05) is 26.0 Å². The van der Waals surface area contributed by atoms with Gasteiger partial charge in [0.1, 0.15) is 5.58 Å². The largest absolute Gasteiger partial charge is 0.464 e. The molecule has 2 aliphatic rings. The van der Waals surface area contributed by atoms with Gasteiger partial charge in [0.25, 0.3) is 0 Å². The van der Waals surface area contributed by atoms with Crippen LogP contribution in [-0.4, -0.2) is 71.7 Å². The number of fused-ring (bicyclic) bond motifs is 1. The quantitative estimate of drug-likeness (QED) is 0.726. The van der Waals surface area contributed by atoms with Crippen LogP contribution >= 0.6 is 0 Å². The lowest BCUT2D eigenvalue weighted by molar-refractivity contribution is -0.153. The molecule has 1 aromatic carbocycles. The van der Waals surface area contributed by atoms with Crippen molar-refractivity contribution in [3.8, 4) is 0 Å². The lowest BCUT2D eigenvalue weighted by atomic mass is 10.0.